The average Bonchev–Trinajstić information content (AvgIpc) is 2.54. The van der Waals surface area contributed by atoms with E-state index >= 15 is 0 Å². The summed E-state index contributed by atoms with van der Waals surface area (Å²) < 4.78 is 0. The Morgan fingerprint density at radius 3 is 2.30 bits per heavy atom. The molecule has 23 heavy (non-hydrogen) atoms. The lowest BCUT2D eigenvalue weighted by Gasteiger charge is -2.34. The van der Waals surface area contributed by atoms with Crippen molar-refractivity contribution in [2.45, 2.75) is 52.0 Å². The Hall–Kier alpha value is -1.39. The van der Waals surface area contributed by atoms with E-state index in [4.69, 9.17) is 0 Å². The van der Waals surface area contributed by atoms with Crippen molar-refractivity contribution in [3.05, 3.63) is 29.8 Å². The molecule has 0 bridgehead atoms. The number of benzene rings is 1. The molecular weight excluding hydrogens is 288 g/mol. The van der Waals surface area contributed by atoms with E-state index < -0.39 is 0 Å². The highest BCUT2D eigenvalue weighted by Crippen LogP contribution is 2.24. The molecule has 2 N–H and O–H groups in total. The van der Waals surface area contributed by atoms with Crippen LogP contribution in [0.25, 0.3) is 0 Å². The van der Waals surface area contributed by atoms with Crippen LogP contribution in [0.15, 0.2) is 24.3 Å². The lowest BCUT2D eigenvalue weighted by Crippen LogP contribution is -2.46. The number of aliphatic hydroxyl groups is 1. The molecule has 1 fully saturated rings. The Balaban J connectivity index is 1.91. The maximum Gasteiger partial charge on any atom is 0.241 e. The minimum Gasteiger partial charge on any atom is -0.396 e. The molecule has 0 saturated carbocycles. The van der Waals surface area contributed by atoms with E-state index in [-0.39, 0.29) is 24.0 Å². The van der Waals surface area contributed by atoms with Gasteiger partial charge >= 0.3 is 0 Å². The Bertz CT molecular complexity index is 511. The molecule has 0 spiro atoms. The Morgan fingerprint density at radius 1 is 1.26 bits per heavy atom. The second-order valence-corrected chi connectivity index (χ2v) is 7.65. The van der Waals surface area contributed by atoms with Crippen LogP contribution < -0.4 is 5.32 Å². The zero-order valence-corrected chi connectivity index (χ0v) is 14.8. The van der Waals surface area contributed by atoms with Gasteiger partial charge in [0.15, 0.2) is 0 Å². The molecule has 1 heterocycles. The van der Waals surface area contributed by atoms with E-state index in [9.17, 15) is 9.90 Å². The van der Waals surface area contributed by atoms with Crippen molar-refractivity contribution in [1.82, 2.24) is 4.90 Å². The normalized spacial score (nSPS) is 18.7. The minimum atomic E-state index is -0.142. The molecule has 1 atom stereocenters. The van der Waals surface area contributed by atoms with Crippen molar-refractivity contribution in [2.24, 2.45) is 5.92 Å². The van der Waals surface area contributed by atoms with Crippen LogP contribution >= 0.6 is 0 Å². The number of hydrogen-bond donors (Lipinski definition) is 2. The first-order chi connectivity index (χ1) is 10.8. The lowest BCUT2D eigenvalue weighted by molar-refractivity contribution is -0.121. The minimum absolute atomic E-state index is 0.0379. The number of nitrogens with zero attached hydrogens (tertiary/aromatic N) is 1. The highest BCUT2D eigenvalue weighted by Gasteiger charge is 2.26. The number of likely N-dealkylation sites (tertiary alicyclic amines) is 1. The van der Waals surface area contributed by atoms with Crippen LogP contribution in [-0.2, 0) is 10.2 Å². The SMILES string of the molecule is CC(C(=O)Nc1ccc(C(C)(C)C)cc1)N1CCC(CO)CC1. The standard InChI is InChI=1S/C19H30N2O2/c1-14(21-11-9-15(13-22)10-12-21)18(23)20-17-7-5-16(6-8-17)19(2,3)4/h5-8,14-15,22H,9-13H2,1-4H3,(H,20,23). The van der Waals surface area contributed by atoms with Crippen molar-refractivity contribution in [3.63, 3.8) is 0 Å². The van der Waals surface area contributed by atoms with Crippen LogP contribution in [0.3, 0.4) is 0 Å². The lowest BCUT2D eigenvalue weighted by atomic mass is 9.87. The van der Waals surface area contributed by atoms with Gasteiger partial charge in [0.2, 0.25) is 5.91 Å². The number of carbonyl (C=O) groups is 1. The molecule has 1 aromatic rings. The van der Waals surface area contributed by atoms with E-state index in [0.29, 0.717) is 5.92 Å². The van der Waals surface area contributed by atoms with Crippen LogP contribution in [-0.4, -0.2) is 41.7 Å². The van der Waals surface area contributed by atoms with E-state index in [2.05, 4.69) is 43.1 Å². The van der Waals surface area contributed by atoms with E-state index in [0.717, 1.165) is 31.6 Å². The van der Waals surface area contributed by atoms with Gasteiger partial charge in [-0.1, -0.05) is 32.9 Å². The third-order valence-electron chi connectivity index (χ3n) is 4.85. The number of hydrogen-bond acceptors (Lipinski definition) is 3. The summed E-state index contributed by atoms with van der Waals surface area (Å²) in [7, 11) is 0. The van der Waals surface area contributed by atoms with Gasteiger partial charge in [-0.15, -0.1) is 0 Å². The maximum atomic E-state index is 12.4. The van der Waals surface area contributed by atoms with Crippen LogP contribution in [0.4, 0.5) is 5.69 Å². The van der Waals surface area contributed by atoms with Crippen LogP contribution in [0.1, 0.15) is 46.1 Å². The molecule has 1 aromatic carbocycles. The number of aliphatic hydroxyl groups excluding tert-OH is 1. The topological polar surface area (TPSA) is 52.6 Å². The summed E-state index contributed by atoms with van der Waals surface area (Å²) in [5.74, 6) is 0.433. The molecular formula is C19H30N2O2. The zero-order chi connectivity index (χ0) is 17.0. The first-order valence-electron chi connectivity index (χ1n) is 8.57. The van der Waals surface area contributed by atoms with Crippen LogP contribution in [0.2, 0.25) is 0 Å². The van der Waals surface area contributed by atoms with Gasteiger partial charge in [-0.3, -0.25) is 9.69 Å². The van der Waals surface area contributed by atoms with Crippen molar-refractivity contribution in [1.29, 1.82) is 0 Å². The fourth-order valence-corrected chi connectivity index (χ4v) is 2.99. The molecule has 1 unspecified atom stereocenters. The van der Waals surface area contributed by atoms with Crippen LogP contribution in [0, 0.1) is 5.92 Å². The summed E-state index contributed by atoms with van der Waals surface area (Å²) >= 11 is 0. The van der Waals surface area contributed by atoms with Crippen molar-refractivity contribution in [3.8, 4) is 0 Å². The van der Waals surface area contributed by atoms with Gasteiger partial charge < -0.3 is 10.4 Å². The summed E-state index contributed by atoms with van der Waals surface area (Å²) in [4.78, 5) is 14.6. The second-order valence-electron chi connectivity index (χ2n) is 7.65. The number of nitrogens with one attached hydrogen (secondary N) is 1. The molecule has 1 saturated heterocycles. The number of amides is 1. The summed E-state index contributed by atoms with van der Waals surface area (Å²) in [6, 6.07) is 7.96. The van der Waals surface area contributed by atoms with Crippen molar-refractivity contribution in [2.75, 3.05) is 25.0 Å². The Labute approximate surface area is 139 Å². The third-order valence-corrected chi connectivity index (χ3v) is 4.85. The second kappa shape index (κ2) is 7.45. The fraction of sp³-hybridized carbons (Fsp3) is 0.632. The number of anilines is 1. The first kappa shape index (κ1) is 18.0. The molecule has 128 valence electrons. The predicted octanol–water partition coefficient (Wildman–Crippen LogP) is 3.02. The summed E-state index contributed by atoms with van der Waals surface area (Å²) in [6.07, 6.45) is 1.93. The smallest absolute Gasteiger partial charge is 0.241 e. The van der Waals surface area contributed by atoms with Gasteiger partial charge in [-0.2, -0.15) is 0 Å². The summed E-state index contributed by atoms with van der Waals surface area (Å²) in [5, 5.41) is 12.2. The van der Waals surface area contributed by atoms with Gasteiger partial charge in [0.1, 0.15) is 0 Å². The molecule has 4 nitrogen and oxygen atoms in total. The third kappa shape index (κ3) is 4.79. The highest BCUT2D eigenvalue weighted by molar-refractivity contribution is 5.94. The van der Waals surface area contributed by atoms with Gasteiger partial charge in [0.05, 0.1) is 6.04 Å². The molecule has 0 aliphatic carbocycles. The quantitative estimate of drug-likeness (QED) is 0.897. The van der Waals surface area contributed by atoms with Gasteiger partial charge in [-0.05, 0) is 61.9 Å². The zero-order valence-electron chi connectivity index (χ0n) is 14.8. The highest BCUT2D eigenvalue weighted by atomic mass is 16.3. The molecule has 0 aromatic heterocycles. The van der Waals surface area contributed by atoms with Gasteiger partial charge in [0, 0.05) is 12.3 Å². The van der Waals surface area contributed by atoms with Gasteiger partial charge in [-0.25, -0.2) is 0 Å². The molecule has 1 amide bonds. The maximum absolute atomic E-state index is 12.4. The van der Waals surface area contributed by atoms with Crippen LogP contribution in [0.5, 0.6) is 0 Å². The summed E-state index contributed by atoms with van der Waals surface area (Å²) in [6.45, 7) is 10.5. The van der Waals surface area contributed by atoms with E-state index in [1.807, 2.05) is 19.1 Å². The number of carbonyl (C=O) groups excluding carboxylic acids is 1. The van der Waals surface area contributed by atoms with Crippen molar-refractivity contribution >= 4 is 11.6 Å². The first-order valence-corrected chi connectivity index (χ1v) is 8.57. The molecule has 1 aliphatic heterocycles. The predicted molar refractivity (Wildman–Crippen MR) is 94.6 cm³/mol. The monoisotopic (exact) mass is 318 g/mol. The number of piperidine rings is 1. The summed E-state index contributed by atoms with van der Waals surface area (Å²) in [5.41, 5.74) is 2.22. The molecule has 0 radical (unpaired) electrons. The average molecular weight is 318 g/mol. The Kier molecular flexibility index (Phi) is 5.82. The Morgan fingerprint density at radius 2 is 1.83 bits per heavy atom. The largest absolute Gasteiger partial charge is 0.396 e. The fourth-order valence-electron chi connectivity index (χ4n) is 2.99. The van der Waals surface area contributed by atoms with Crippen molar-refractivity contribution < 1.29 is 9.90 Å². The molecule has 1 aliphatic rings. The number of rotatable bonds is 4. The van der Waals surface area contributed by atoms with E-state index in [1.54, 1.807) is 0 Å². The van der Waals surface area contributed by atoms with Gasteiger partial charge in [0.25, 0.3) is 0 Å². The van der Waals surface area contributed by atoms with E-state index in [1.165, 1.54) is 5.56 Å². The molecule has 4 heteroatoms. The molecule has 2 rings (SSSR count).